The van der Waals surface area contributed by atoms with Crippen LogP contribution in [-0.2, 0) is 25.8 Å². The summed E-state index contributed by atoms with van der Waals surface area (Å²) in [7, 11) is 3.18. The summed E-state index contributed by atoms with van der Waals surface area (Å²) in [4.78, 5) is 18.7. The maximum Gasteiger partial charge on any atom is 0.418 e. The van der Waals surface area contributed by atoms with Gasteiger partial charge in [0.05, 0.1) is 47.6 Å². The summed E-state index contributed by atoms with van der Waals surface area (Å²) in [5.74, 6) is 2.66. The Morgan fingerprint density at radius 1 is 0.944 bits per heavy atom. The molecule has 0 saturated heterocycles. The normalized spacial score (nSPS) is 13.3. The summed E-state index contributed by atoms with van der Waals surface area (Å²) in [6, 6.07) is 20.1. The topological polar surface area (TPSA) is 84.3 Å². The van der Waals surface area contributed by atoms with Crippen LogP contribution in [0.3, 0.4) is 0 Å². The predicted molar refractivity (Wildman–Crippen MR) is 204 cm³/mol. The predicted octanol–water partition coefficient (Wildman–Crippen LogP) is 7.68. The highest BCUT2D eigenvalue weighted by molar-refractivity contribution is 7.98. The maximum absolute atomic E-state index is 15.1. The molecular formula is C40H36ClF3N6O3S. The second-order valence-corrected chi connectivity index (χ2v) is 13.9. The number of benzene rings is 3. The molecule has 14 heteroatoms. The number of hydrogen-bond donors (Lipinski definition) is 1. The first kappa shape index (κ1) is 36.9. The third-order valence-electron chi connectivity index (χ3n) is 9.14. The van der Waals surface area contributed by atoms with E-state index in [4.69, 9.17) is 30.8 Å². The Morgan fingerprint density at radius 3 is 2.22 bits per heavy atom. The third kappa shape index (κ3) is 7.64. The van der Waals surface area contributed by atoms with Gasteiger partial charge in [0.1, 0.15) is 41.8 Å². The van der Waals surface area contributed by atoms with Crippen molar-refractivity contribution in [2.24, 2.45) is 4.99 Å². The van der Waals surface area contributed by atoms with E-state index in [1.165, 1.54) is 25.3 Å². The number of pyridine rings is 2. The number of aromatic nitrogens is 2. The van der Waals surface area contributed by atoms with Gasteiger partial charge in [0.25, 0.3) is 0 Å². The molecule has 2 aliphatic rings. The minimum Gasteiger partial charge on any atom is -0.497 e. The Morgan fingerprint density at radius 2 is 1.61 bits per heavy atom. The van der Waals surface area contributed by atoms with Crippen molar-refractivity contribution in [2.45, 2.75) is 37.6 Å². The molecule has 2 aromatic heterocycles. The highest BCUT2D eigenvalue weighted by atomic mass is 35.5. The van der Waals surface area contributed by atoms with Crippen molar-refractivity contribution in [3.63, 3.8) is 0 Å². The van der Waals surface area contributed by atoms with E-state index in [1.54, 1.807) is 44.6 Å². The van der Waals surface area contributed by atoms with Crippen molar-refractivity contribution in [3.05, 3.63) is 135 Å². The average molecular weight is 773 g/mol. The first-order valence-electron chi connectivity index (χ1n) is 16.9. The van der Waals surface area contributed by atoms with Gasteiger partial charge < -0.3 is 29.3 Å². The van der Waals surface area contributed by atoms with Crippen LogP contribution >= 0.6 is 23.4 Å². The molecule has 7 rings (SSSR count). The van der Waals surface area contributed by atoms with E-state index in [0.29, 0.717) is 53.3 Å². The summed E-state index contributed by atoms with van der Waals surface area (Å²) in [5.41, 5.74) is 1.62. The molecule has 4 heterocycles. The first-order valence-corrected chi connectivity index (χ1v) is 18.5. The van der Waals surface area contributed by atoms with Gasteiger partial charge in [0, 0.05) is 42.1 Å². The molecule has 3 aromatic carbocycles. The zero-order chi connectivity index (χ0) is 38.0. The molecule has 278 valence electrons. The van der Waals surface area contributed by atoms with Crippen LogP contribution in [0.15, 0.2) is 101 Å². The molecule has 0 amide bonds. The second kappa shape index (κ2) is 15.5. The monoisotopic (exact) mass is 772 g/mol. The highest BCUT2D eigenvalue weighted by Gasteiger charge is 2.38. The van der Waals surface area contributed by atoms with Crippen molar-refractivity contribution < 1.29 is 27.4 Å². The number of anilines is 1. The minimum atomic E-state index is -4.75. The number of nitrogens with one attached hydrogen (secondary N) is 1. The lowest BCUT2D eigenvalue weighted by Crippen LogP contribution is -2.44. The van der Waals surface area contributed by atoms with Gasteiger partial charge in [0.2, 0.25) is 0 Å². The molecular weight excluding hydrogens is 737 g/mol. The van der Waals surface area contributed by atoms with Crippen LogP contribution in [0.5, 0.6) is 17.2 Å². The number of alkyl halides is 3. The van der Waals surface area contributed by atoms with E-state index >= 15 is 13.2 Å². The lowest BCUT2D eigenvalue weighted by Gasteiger charge is -2.27. The van der Waals surface area contributed by atoms with Gasteiger partial charge >= 0.3 is 6.18 Å². The molecule has 2 aliphatic heterocycles. The number of methoxy groups -OCH3 is 2. The summed E-state index contributed by atoms with van der Waals surface area (Å²) >= 11 is 8.71. The van der Waals surface area contributed by atoms with Crippen LogP contribution < -0.4 is 35.0 Å². The lowest BCUT2D eigenvalue weighted by molar-refractivity contribution is -0.137. The van der Waals surface area contributed by atoms with Crippen LogP contribution in [0.25, 0.3) is 17.1 Å². The molecule has 0 radical (unpaired) electrons. The number of ether oxygens (including phenoxy) is 3. The number of rotatable bonds is 11. The zero-order valence-electron chi connectivity index (χ0n) is 29.9. The average Bonchev–Trinajstić information content (AvgIpc) is 3.35. The smallest absolute Gasteiger partial charge is 0.418 e. The Labute approximate surface area is 319 Å². The molecule has 0 fully saturated rings. The minimum absolute atomic E-state index is 0.00413. The van der Waals surface area contributed by atoms with Gasteiger partial charge in [-0.05, 0) is 77.9 Å². The summed E-state index contributed by atoms with van der Waals surface area (Å²) in [5, 5.41) is 4.20. The highest BCUT2D eigenvalue weighted by Crippen LogP contribution is 2.42. The van der Waals surface area contributed by atoms with Crippen molar-refractivity contribution >= 4 is 35.0 Å². The summed E-state index contributed by atoms with van der Waals surface area (Å²) in [6.45, 7) is 2.72. The van der Waals surface area contributed by atoms with Crippen LogP contribution in [0.2, 0.25) is 5.02 Å². The largest absolute Gasteiger partial charge is 0.497 e. The van der Waals surface area contributed by atoms with Gasteiger partial charge in [-0.1, -0.05) is 35.9 Å². The molecule has 0 spiro atoms. The van der Waals surface area contributed by atoms with Crippen molar-refractivity contribution in [1.82, 2.24) is 20.2 Å². The molecule has 1 N–H and O–H groups in total. The fraction of sp³-hybridized carbons (Fsp3) is 0.225. The Kier molecular flexibility index (Phi) is 10.6. The molecule has 0 bridgehead atoms. The van der Waals surface area contributed by atoms with E-state index < -0.39 is 11.7 Å². The van der Waals surface area contributed by atoms with E-state index in [2.05, 4.69) is 21.4 Å². The first-order chi connectivity index (χ1) is 26.1. The number of aryl methyl sites for hydroxylation is 1. The lowest BCUT2D eigenvalue weighted by atomic mass is 9.99. The third-order valence-corrected chi connectivity index (χ3v) is 10.2. The van der Waals surface area contributed by atoms with Crippen LogP contribution in [0, 0.1) is 6.92 Å². The van der Waals surface area contributed by atoms with Crippen LogP contribution in [0.4, 0.5) is 19.0 Å². The van der Waals surface area contributed by atoms with Gasteiger partial charge in [-0.25, -0.2) is 4.98 Å². The van der Waals surface area contributed by atoms with Crippen LogP contribution in [0.1, 0.15) is 27.8 Å². The van der Waals surface area contributed by atoms with Gasteiger partial charge in [0.15, 0.2) is 0 Å². The maximum atomic E-state index is 15.1. The number of hydrogen-bond acceptors (Lipinski definition) is 10. The standard InChI is InChI=1S/C40H36ClF3N6O3S/c1-24-15-33(50(20-25-5-9-28(51-2)10-6-25)21-26-7-11-29(52-3)12-8-26)48-37(35(24)40(42,43)44)31-17-32-34-38(36(31)41)46-23-47-39(34)49(13-14-53-32)22-27-16-30(54-4)19-45-18-27/h5-19,47H,20-23H2,1-4H3. The Hall–Kier alpha value is -5.40. The number of thioether (sulfide) groups is 1. The molecule has 0 aliphatic carbocycles. The van der Waals surface area contributed by atoms with Gasteiger partial charge in [-0.15, -0.1) is 11.8 Å². The second-order valence-electron chi connectivity index (χ2n) is 12.6. The van der Waals surface area contributed by atoms with E-state index in [0.717, 1.165) is 21.6 Å². The Balaban J connectivity index is 1.37. The summed E-state index contributed by atoms with van der Waals surface area (Å²) < 4.78 is 61.9. The van der Waals surface area contributed by atoms with Crippen molar-refractivity contribution in [3.8, 4) is 28.5 Å². The zero-order valence-corrected chi connectivity index (χ0v) is 31.4. The quantitative estimate of drug-likeness (QED) is 0.136. The fourth-order valence-corrected chi connectivity index (χ4v) is 7.26. The van der Waals surface area contributed by atoms with Gasteiger partial charge in [-0.2, -0.15) is 13.2 Å². The van der Waals surface area contributed by atoms with E-state index in [1.807, 2.05) is 64.6 Å². The van der Waals surface area contributed by atoms with Crippen molar-refractivity contribution in [1.29, 1.82) is 0 Å². The Bertz CT molecular complexity index is 2290. The fourth-order valence-electron chi connectivity index (χ4n) is 6.52. The molecule has 54 heavy (non-hydrogen) atoms. The molecule has 0 atom stereocenters. The number of halogens is 4. The van der Waals surface area contributed by atoms with Gasteiger partial charge in [-0.3, -0.25) is 9.98 Å². The molecule has 0 saturated carbocycles. The van der Waals surface area contributed by atoms with E-state index in [-0.39, 0.29) is 34.3 Å². The van der Waals surface area contributed by atoms with Crippen molar-refractivity contribution in [2.75, 3.05) is 32.0 Å². The molecule has 5 aromatic rings. The van der Waals surface area contributed by atoms with E-state index in [9.17, 15) is 0 Å². The van der Waals surface area contributed by atoms with Crippen LogP contribution in [-0.4, -0.2) is 42.0 Å². The summed E-state index contributed by atoms with van der Waals surface area (Å²) in [6.07, 6.45) is 4.08. The SMILES string of the molecule is COc1ccc(CN(Cc2ccc(OC)cc2)c2cc(C)c(C(F)(F)F)c(-c3cc4c5c(c3Cl)=NCNC=5N(Cc3cncc(SC)c3)C=CO4)n2)cc1. The molecule has 9 nitrogen and oxygen atoms in total. The molecule has 0 unspecified atom stereocenters. The number of nitrogens with zero attached hydrogens (tertiary/aromatic N) is 5.